The van der Waals surface area contributed by atoms with Gasteiger partial charge in [-0.1, -0.05) is 43.5 Å². The maximum atomic E-state index is 13.1. The van der Waals surface area contributed by atoms with Crippen LogP contribution in [-0.4, -0.2) is 50.7 Å². The summed E-state index contributed by atoms with van der Waals surface area (Å²) in [6.45, 7) is 1.84. The first kappa shape index (κ1) is 23.0. The van der Waals surface area contributed by atoms with Crippen LogP contribution in [0.2, 0.25) is 0 Å². The molecule has 0 atom stereocenters. The molecule has 0 bridgehead atoms. The summed E-state index contributed by atoms with van der Waals surface area (Å²) < 4.78 is 0. The Balaban J connectivity index is 1.41. The second-order valence-electron chi connectivity index (χ2n) is 8.36. The van der Waals surface area contributed by atoms with Crippen LogP contribution in [-0.2, 0) is 4.79 Å². The monoisotopic (exact) mass is 463 g/mol. The van der Waals surface area contributed by atoms with Crippen molar-refractivity contribution in [2.45, 2.75) is 50.0 Å². The first-order chi connectivity index (χ1) is 16.0. The molecule has 0 unspecified atom stereocenters. The highest BCUT2D eigenvalue weighted by Crippen LogP contribution is 2.27. The molecule has 1 aromatic heterocycles. The average molecular weight is 464 g/mol. The van der Waals surface area contributed by atoms with E-state index in [1.807, 2.05) is 61.3 Å². The number of aromatic amines is 1. The molecule has 1 heterocycles. The topological polar surface area (TPSA) is 91.0 Å². The van der Waals surface area contributed by atoms with Crippen LogP contribution in [0.4, 0.5) is 5.69 Å². The number of amides is 2. The summed E-state index contributed by atoms with van der Waals surface area (Å²) in [6, 6.07) is 15.2. The molecule has 2 amide bonds. The van der Waals surface area contributed by atoms with Gasteiger partial charge in [-0.15, -0.1) is 11.8 Å². The van der Waals surface area contributed by atoms with Crippen molar-refractivity contribution >= 4 is 29.3 Å². The molecular formula is C25H29N5O2S. The quantitative estimate of drug-likeness (QED) is 0.486. The lowest BCUT2D eigenvalue weighted by molar-refractivity contribution is -0.129. The van der Waals surface area contributed by atoms with Crippen molar-refractivity contribution in [3.63, 3.8) is 0 Å². The number of carbonyl (C=O) groups excluding carboxylic acids is 2. The van der Waals surface area contributed by atoms with Crippen LogP contribution in [0.15, 0.2) is 53.4 Å². The highest BCUT2D eigenvalue weighted by atomic mass is 32.2. The van der Waals surface area contributed by atoms with Crippen molar-refractivity contribution in [2.24, 2.45) is 0 Å². The van der Waals surface area contributed by atoms with E-state index in [2.05, 4.69) is 20.5 Å². The number of aryl methyl sites for hydroxylation is 1. The molecule has 3 aromatic rings. The van der Waals surface area contributed by atoms with Gasteiger partial charge in [0.25, 0.3) is 5.91 Å². The fourth-order valence-electron chi connectivity index (χ4n) is 4.10. The number of nitrogens with zero attached hydrogens (tertiary/aromatic N) is 3. The van der Waals surface area contributed by atoms with Crippen LogP contribution in [0.1, 0.15) is 48.3 Å². The Morgan fingerprint density at radius 1 is 1.12 bits per heavy atom. The third-order valence-electron chi connectivity index (χ3n) is 5.97. The Kier molecular flexibility index (Phi) is 7.44. The van der Waals surface area contributed by atoms with Gasteiger partial charge >= 0.3 is 0 Å². The Morgan fingerprint density at radius 3 is 2.67 bits per heavy atom. The van der Waals surface area contributed by atoms with E-state index in [-0.39, 0.29) is 11.8 Å². The van der Waals surface area contributed by atoms with E-state index in [4.69, 9.17) is 0 Å². The third-order valence-corrected chi connectivity index (χ3v) is 7.03. The molecule has 8 heteroatoms. The van der Waals surface area contributed by atoms with Crippen molar-refractivity contribution in [3.05, 3.63) is 59.9 Å². The molecule has 2 aromatic carbocycles. The molecule has 172 valence electrons. The van der Waals surface area contributed by atoms with Gasteiger partial charge in [0, 0.05) is 29.2 Å². The van der Waals surface area contributed by atoms with Crippen molar-refractivity contribution in [1.82, 2.24) is 20.1 Å². The minimum absolute atomic E-state index is 0.108. The number of benzene rings is 2. The molecular weight excluding hydrogens is 434 g/mol. The summed E-state index contributed by atoms with van der Waals surface area (Å²) in [4.78, 5) is 32.8. The molecule has 1 aliphatic rings. The van der Waals surface area contributed by atoms with E-state index in [0.29, 0.717) is 28.9 Å². The molecule has 7 nitrogen and oxygen atoms in total. The third kappa shape index (κ3) is 5.82. The fraction of sp³-hybridized carbons (Fsp3) is 0.360. The largest absolute Gasteiger partial charge is 0.342 e. The molecule has 1 saturated carbocycles. The van der Waals surface area contributed by atoms with E-state index in [1.165, 1.54) is 31.0 Å². The standard InChI is InChI=1S/C25H29N5O2S/c1-17-26-24(29-28-17)18-9-8-10-19(15-18)27-25(32)21-13-6-7-14-22(21)33-16-23(31)30(2)20-11-4-3-5-12-20/h6-10,13-15,20H,3-5,11-12,16H2,1-2H3,(H,27,32)(H,26,28,29). The number of thioether (sulfide) groups is 1. The second kappa shape index (κ2) is 10.7. The Hall–Kier alpha value is -3.13. The lowest BCUT2D eigenvalue weighted by Crippen LogP contribution is -2.39. The number of H-pyrrole nitrogens is 1. The molecule has 1 fully saturated rings. The van der Waals surface area contributed by atoms with Gasteiger partial charge in [0.2, 0.25) is 5.91 Å². The van der Waals surface area contributed by atoms with E-state index < -0.39 is 0 Å². The van der Waals surface area contributed by atoms with Crippen LogP contribution in [0, 0.1) is 6.92 Å². The molecule has 0 spiro atoms. The number of rotatable bonds is 7. The molecule has 1 aliphatic carbocycles. The molecule has 2 N–H and O–H groups in total. The van der Waals surface area contributed by atoms with E-state index in [9.17, 15) is 9.59 Å². The van der Waals surface area contributed by atoms with Gasteiger partial charge in [-0.2, -0.15) is 5.10 Å². The first-order valence-electron chi connectivity index (χ1n) is 11.3. The Morgan fingerprint density at radius 2 is 1.91 bits per heavy atom. The second-order valence-corrected chi connectivity index (χ2v) is 9.38. The van der Waals surface area contributed by atoms with Gasteiger partial charge in [0.05, 0.1) is 11.3 Å². The zero-order chi connectivity index (χ0) is 23.2. The first-order valence-corrected chi connectivity index (χ1v) is 12.3. The average Bonchev–Trinajstić information content (AvgIpc) is 3.29. The number of aromatic nitrogens is 3. The number of hydrogen-bond acceptors (Lipinski definition) is 5. The maximum absolute atomic E-state index is 13.1. The van der Waals surface area contributed by atoms with E-state index in [0.717, 1.165) is 29.1 Å². The van der Waals surface area contributed by atoms with Crippen LogP contribution in [0.5, 0.6) is 0 Å². The van der Waals surface area contributed by atoms with Gasteiger partial charge in [-0.25, -0.2) is 4.98 Å². The number of hydrogen-bond donors (Lipinski definition) is 2. The van der Waals surface area contributed by atoms with Gasteiger partial charge in [-0.05, 0) is 44.0 Å². The van der Waals surface area contributed by atoms with Crippen molar-refractivity contribution < 1.29 is 9.59 Å². The van der Waals surface area contributed by atoms with Crippen LogP contribution >= 0.6 is 11.8 Å². The van der Waals surface area contributed by atoms with Crippen molar-refractivity contribution in [3.8, 4) is 11.4 Å². The predicted octanol–water partition coefficient (Wildman–Crippen LogP) is 4.92. The van der Waals surface area contributed by atoms with E-state index in [1.54, 1.807) is 6.07 Å². The SMILES string of the molecule is Cc1nc(-c2cccc(NC(=O)c3ccccc3SCC(=O)N(C)C3CCCCC3)c2)n[nH]1. The predicted molar refractivity (Wildman–Crippen MR) is 131 cm³/mol. The van der Waals surface area contributed by atoms with Gasteiger partial charge in [0.15, 0.2) is 5.82 Å². The van der Waals surface area contributed by atoms with Gasteiger partial charge in [-0.3, -0.25) is 14.7 Å². The Labute approximate surface area is 198 Å². The van der Waals surface area contributed by atoms with Crippen LogP contribution in [0.3, 0.4) is 0 Å². The Bertz CT molecular complexity index is 1120. The minimum atomic E-state index is -0.213. The van der Waals surface area contributed by atoms with Crippen molar-refractivity contribution in [2.75, 3.05) is 18.1 Å². The highest BCUT2D eigenvalue weighted by Gasteiger charge is 2.22. The van der Waals surface area contributed by atoms with Crippen molar-refractivity contribution in [1.29, 1.82) is 0 Å². The highest BCUT2D eigenvalue weighted by molar-refractivity contribution is 8.00. The maximum Gasteiger partial charge on any atom is 0.256 e. The zero-order valence-corrected chi connectivity index (χ0v) is 19.8. The molecule has 33 heavy (non-hydrogen) atoms. The molecule has 0 radical (unpaired) electrons. The minimum Gasteiger partial charge on any atom is -0.342 e. The van der Waals surface area contributed by atoms with Gasteiger partial charge in [0.1, 0.15) is 5.82 Å². The summed E-state index contributed by atoms with van der Waals surface area (Å²) in [5.74, 6) is 1.53. The van der Waals surface area contributed by atoms with Crippen LogP contribution < -0.4 is 5.32 Å². The number of anilines is 1. The summed E-state index contributed by atoms with van der Waals surface area (Å²) >= 11 is 1.41. The summed E-state index contributed by atoms with van der Waals surface area (Å²) in [7, 11) is 1.90. The fourth-order valence-corrected chi connectivity index (χ4v) is 5.07. The number of carbonyl (C=O) groups is 2. The number of nitrogens with one attached hydrogen (secondary N) is 2. The smallest absolute Gasteiger partial charge is 0.256 e. The molecule has 0 aliphatic heterocycles. The summed E-state index contributed by atoms with van der Waals surface area (Å²) in [6.07, 6.45) is 5.80. The zero-order valence-electron chi connectivity index (χ0n) is 19.0. The molecule has 4 rings (SSSR count). The molecule has 0 saturated heterocycles. The normalized spacial score (nSPS) is 14.1. The lowest BCUT2D eigenvalue weighted by atomic mass is 9.94. The van der Waals surface area contributed by atoms with Crippen LogP contribution in [0.25, 0.3) is 11.4 Å². The lowest BCUT2D eigenvalue weighted by Gasteiger charge is -2.31. The van der Waals surface area contributed by atoms with Gasteiger partial charge < -0.3 is 10.2 Å². The van der Waals surface area contributed by atoms with E-state index >= 15 is 0 Å². The summed E-state index contributed by atoms with van der Waals surface area (Å²) in [5, 5.41) is 9.97. The summed E-state index contributed by atoms with van der Waals surface area (Å²) in [5.41, 5.74) is 2.03.